The van der Waals surface area contributed by atoms with Gasteiger partial charge in [-0.2, -0.15) is 0 Å². The van der Waals surface area contributed by atoms with Gasteiger partial charge in [-0.3, -0.25) is 18.9 Å². The summed E-state index contributed by atoms with van der Waals surface area (Å²) in [5.74, 6) is 0. The van der Waals surface area contributed by atoms with E-state index in [1.807, 2.05) is 30.5 Å². The zero-order valence-electron chi connectivity index (χ0n) is 18.8. The summed E-state index contributed by atoms with van der Waals surface area (Å²) >= 11 is 0. The van der Waals surface area contributed by atoms with E-state index in [-0.39, 0.29) is 5.43 Å². The number of quaternary nitrogens is 1. The number of hydrogen-bond acceptors (Lipinski definition) is 8. The van der Waals surface area contributed by atoms with E-state index in [0.29, 0.717) is 11.4 Å². The predicted octanol–water partition coefficient (Wildman–Crippen LogP) is 1.49. The summed E-state index contributed by atoms with van der Waals surface area (Å²) in [6.07, 6.45) is 3.53. The van der Waals surface area contributed by atoms with E-state index in [1.54, 1.807) is 18.3 Å². The number of H-pyrrole nitrogens is 1. The lowest BCUT2D eigenvalue weighted by Gasteiger charge is -2.40. The molecule has 1 aliphatic rings. The van der Waals surface area contributed by atoms with E-state index < -0.39 is 10.4 Å². The molecular weight excluding hydrogens is 446 g/mol. The molecule has 0 aromatic carbocycles. The first-order valence-electron chi connectivity index (χ1n) is 10.3. The molecule has 4 rings (SSSR count). The molecule has 1 fully saturated rings. The van der Waals surface area contributed by atoms with E-state index >= 15 is 0 Å². The van der Waals surface area contributed by atoms with Crippen LogP contribution in [0.1, 0.15) is 0 Å². The number of piperazine rings is 1. The maximum absolute atomic E-state index is 12.2. The van der Waals surface area contributed by atoms with Gasteiger partial charge in [-0.05, 0) is 24.3 Å². The minimum atomic E-state index is -4.41. The van der Waals surface area contributed by atoms with Gasteiger partial charge in [0.05, 0.1) is 70.2 Å². The molecule has 3 aromatic rings. The molecule has 0 spiro atoms. The lowest BCUT2D eigenvalue weighted by atomic mass is 10.1. The normalized spacial score (nSPS) is 15.5. The predicted molar refractivity (Wildman–Crippen MR) is 124 cm³/mol. The molecule has 176 valence electrons. The highest BCUT2D eigenvalue weighted by atomic mass is 32.3. The van der Waals surface area contributed by atoms with Crippen molar-refractivity contribution in [3.63, 3.8) is 0 Å². The van der Waals surface area contributed by atoms with Crippen LogP contribution in [-0.2, 0) is 14.6 Å². The Labute approximate surface area is 193 Å². The van der Waals surface area contributed by atoms with Crippen molar-refractivity contribution < 1.29 is 21.6 Å². The van der Waals surface area contributed by atoms with Crippen LogP contribution in [0.25, 0.3) is 22.8 Å². The molecule has 3 aromatic heterocycles. The molecule has 0 amide bonds. The fraction of sp³-hybridized carbons (Fsp3) is 0.318. The van der Waals surface area contributed by atoms with Crippen molar-refractivity contribution in [2.45, 2.75) is 0 Å². The number of pyridine rings is 3. The van der Waals surface area contributed by atoms with E-state index in [0.717, 1.165) is 54.8 Å². The number of nitrogens with zero attached hydrogens (tertiary/aromatic N) is 4. The molecule has 0 radical (unpaired) electrons. The molecule has 0 bridgehead atoms. The largest absolute Gasteiger partial charge is 0.726 e. The summed E-state index contributed by atoms with van der Waals surface area (Å²) in [5.41, 5.74) is 3.99. The first kappa shape index (κ1) is 24.5. The van der Waals surface area contributed by atoms with Gasteiger partial charge in [-0.15, -0.1) is 0 Å². The number of rotatable bonds is 4. The average Bonchev–Trinajstić information content (AvgIpc) is 2.79. The third-order valence-electron chi connectivity index (χ3n) is 5.32. The number of aromatic amines is 1. The third kappa shape index (κ3) is 7.19. The Balaban J connectivity index is 0.000000454. The molecule has 0 atom stereocenters. The van der Waals surface area contributed by atoms with Crippen molar-refractivity contribution >= 4 is 16.1 Å². The highest BCUT2D eigenvalue weighted by Crippen LogP contribution is 2.24. The minimum Gasteiger partial charge on any atom is -0.726 e. The zero-order valence-corrected chi connectivity index (χ0v) is 19.6. The van der Waals surface area contributed by atoms with Gasteiger partial charge in [0.2, 0.25) is 10.4 Å². The van der Waals surface area contributed by atoms with Gasteiger partial charge in [0.1, 0.15) is 0 Å². The number of aromatic nitrogens is 3. The molecule has 0 aliphatic carbocycles. The summed E-state index contributed by atoms with van der Waals surface area (Å²) in [4.78, 5) is 26.7. The molecule has 1 aliphatic heterocycles. The second kappa shape index (κ2) is 10.2. The number of likely N-dealkylation sites (N-methyl/N-ethyl adjacent to an activating group) is 1. The number of anilines is 1. The molecule has 0 unspecified atom stereocenters. The molecule has 1 N–H and O–H groups in total. The van der Waals surface area contributed by atoms with Crippen molar-refractivity contribution in [3.8, 4) is 22.8 Å². The first-order chi connectivity index (χ1) is 15.6. The average molecular weight is 474 g/mol. The Bertz CT molecular complexity index is 1240. The molecular formula is C22H27N5O5S. The van der Waals surface area contributed by atoms with Crippen molar-refractivity contribution in [1.82, 2.24) is 15.0 Å². The standard InChI is InChI=1S/C21H23N5O.CH4O4S/c1-26(2)11-9-25(10-12-26)16-6-8-23-19(13-16)21-15-17(27)14-20(24-21)18-5-3-4-7-22-18;1-5-6(2,3)4/h3-8,13-15H,9-12H2,1-2H3;1H3,(H,2,3,4). The molecule has 33 heavy (non-hydrogen) atoms. The van der Waals surface area contributed by atoms with Gasteiger partial charge in [0.25, 0.3) is 0 Å². The maximum atomic E-state index is 12.2. The van der Waals surface area contributed by atoms with Crippen LogP contribution in [-0.4, -0.2) is 79.8 Å². The fourth-order valence-corrected chi connectivity index (χ4v) is 3.37. The lowest BCUT2D eigenvalue weighted by Crippen LogP contribution is -2.54. The van der Waals surface area contributed by atoms with Crippen molar-refractivity contribution in [2.24, 2.45) is 0 Å². The van der Waals surface area contributed by atoms with Crippen molar-refractivity contribution in [3.05, 3.63) is 65.1 Å². The maximum Gasteiger partial charge on any atom is 0.217 e. The zero-order chi connectivity index (χ0) is 24.1. The van der Waals surface area contributed by atoms with E-state index in [2.05, 4.69) is 44.2 Å². The Morgan fingerprint density at radius 2 is 1.61 bits per heavy atom. The summed E-state index contributed by atoms with van der Waals surface area (Å²) in [7, 11) is 0.930. The van der Waals surface area contributed by atoms with Crippen LogP contribution in [0.2, 0.25) is 0 Å². The van der Waals surface area contributed by atoms with Gasteiger partial charge in [0.15, 0.2) is 5.43 Å². The smallest absolute Gasteiger partial charge is 0.217 e. The molecule has 0 saturated carbocycles. The van der Waals surface area contributed by atoms with E-state index in [4.69, 9.17) is 0 Å². The van der Waals surface area contributed by atoms with Crippen LogP contribution in [0.4, 0.5) is 5.69 Å². The van der Waals surface area contributed by atoms with Crippen LogP contribution >= 0.6 is 0 Å². The number of nitrogens with one attached hydrogen (secondary N) is 1. The highest BCUT2D eigenvalue weighted by Gasteiger charge is 2.24. The van der Waals surface area contributed by atoms with Crippen molar-refractivity contribution in [2.75, 3.05) is 52.3 Å². The lowest BCUT2D eigenvalue weighted by molar-refractivity contribution is -0.890. The summed E-state index contributed by atoms with van der Waals surface area (Å²) in [5, 5.41) is 0. The van der Waals surface area contributed by atoms with Gasteiger partial charge >= 0.3 is 0 Å². The first-order valence-corrected chi connectivity index (χ1v) is 11.6. The quantitative estimate of drug-likeness (QED) is 0.343. The second-order valence-electron chi connectivity index (χ2n) is 8.20. The Morgan fingerprint density at radius 1 is 1.00 bits per heavy atom. The highest BCUT2D eigenvalue weighted by molar-refractivity contribution is 7.80. The minimum absolute atomic E-state index is 0.0615. The summed E-state index contributed by atoms with van der Waals surface area (Å²) < 4.78 is 32.1. The Hall–Kier alpha value is -3.12. The summed E-state index contributed by atoms with van der Waals surface area (Å²) in [6.45, 7) is 4.26. The monoisotopic (exact) mass is 473 g/mol. The number of hydrogen-bond donors (Lipinski definition) is 1. The molecule has 4 heterocycles. The topological polar surface area (TPSA) is 128 Å². The van der Waals surface area contributed by atoms with E-state index in [9.17, 15) is 17.8 Å². The second-order valence-corrected chi connectivity index (χ2v) is 9.35. The van der Waals surface area contributed by atoms with Crippen LogP contribution in [0, 0.1) is 0 Å². The van der Waals surface area contributed by atoms with Crippen LogP contribution in [0.15, 0.2) is 59.7 Å². The summed E-state index contributed by atoms with van der Waals surface area (Å²) in [6, 6.07) is 12.9. The molecule has 10 nitrogen and oxygen atoms in total. The van der Waals surface area contributed by atoms with Gasteiger partial charge < -0.3 is 18.9 Å². The van der Waals surface area contributed by atoms with Crippen molar-refractivity contribution in [1.29, 1.82) is 0 Å². The SMILES string of the molecule is COS(=O)(=O)[O-].C[N+]1(C)CCN(c2ccnc(-c3cc(=O)cc(-c4ccccn4)[nH]3)c2)CC1. The van der Waals surface area contributed by atoms with Gasteiger partial charge in [-0.25, -0.2) is 8.42 Å². The van der Waals surface area contributed by atoms with Crippen LogP contribution < -0.4 is 10.3 Å². The Kier molecular flexibility index (Phi) is 7.59. The molecule has 11 heteroatoms. The fourth-order valence-electron chi connectivity index (χ4n) is 3.37. The van der Waals surface area contributed by atoms with Gasteiger partial charge in [-0.1, -0.05) is 6.07 Å². The Morgan fingerprint density at radius 3 is 2.18 bits per heavy atom. The van der Waals surface area contributed by atoms with Crippen LogP contribution in [0.3, 0.4) is 0 Å². The van der Waals surface area contributed by atoms with E-state index in [1.165, 1.54) is 0 Å². The van der Waals surface area contributed by atoms with Gasteiger partial charge in [0, 0.05) is 30.2 Å². The third-order valence-corrected chi connectivity index (χ3v) is 5.73. The molecule has 1 saturated heterocycles. The van der Waals surface area contributed by atoms with Crippen LogP contribution in [0.5, 0.6) is 0 Å².